The molecule has 39 heavy (non-hydrogen) atoms. The van der Waals surface area contributed by atoms with Gasteiger partial charge in [-0.1, -0.05) is 60.7 Å². The van der Waals surface area contributed by atoms with Crippen molar-refractivity contribution in [2.24, 2.45) is 5.92 Å². The number of nitrogens with zero attached hydrogens (tertiary/aromatic N) is 1. The minimum Gasteiger partial charge on any atom is -0.508 e. The number of carbonyl (C=O) groups is 1. The molecule has 0 unspecified atom stereocenters. The zero-order valence-electron chi connectivity index (χ0n) is 20.8. The maximum absolute atomic E-state index is 14.0. The maximum Gasteiger partial charge on any atom is 0.356 e. The van der Waals surface area contributed by atoms with Crippen LogP contribution in [0.2, 0.25) is 0 Å². The molecule has 5 rings (SSSR count). The van der Waals surface area contributed by atoms with Crippen LogP contribution in [0, 0.1) is 11.7 Å². The highest BCUT2D eigenvalue weighted by Gasteiger charge is 2.49. The van der Waals surface area contributed by atoms with Crippen LogP contribution in [0.25, 0.3) is 11.1 Å². The molecule has 1 fully saturated rings. The molecular weight excluding hydrogens is 520 g/mol. The van der Waals surface area contributed by atoms with Gasteiger partial charge in [0.2, 0.25) is 5.91 Å². The third kappa shape index (κ3) is 5.51. The summed E-state index contributed by atoms with van der Waals surface area (Å²) in [4.78, 5) is 33.5. The van der Waals surface area contributed by atoms with Crippen molar-refractivity contribution in [1.82, 2.24) is 0 Å². The second-order valence-corrected chi connectivity index (χ2v) is 11.2. The summed E-state index contributed by atoms with van der Waals surface area (Å²) in [5.74, 6) is -1.31. The quantitative estimate of drug-likeness (QED) is 0.178. The zero-order valence-corrected chi connectivity index (χ0v) is 21.7. The molecule has 1 amide bonds. The Kier molecular flexibility index (Phi) is 7.38. The van der Waals surface area contributed by atoms with Gasteiger partial charge in [-0.3, -0.25) is 9.36 Å². The average molecular weight is 548 g/mol. The summed E-state index contributed by atoms with van der Waals surface area (Å²) >= 11 is 0. The van der Waals surface area contributed by atoms with E-state index in [4.69, 9.17) is 0 Å². The second-order valence-electron chi connectivity index (χ2n) is 9.61. The SMILES string of the molecule is O=C1[C@H](CC[C@H](O)c2ccccc2)[C@@H](c2ccc(-c3ccc(P(=O)(O)O)cc3)cc2O)N1c1cccc(F)c1. The number of aliphatic hydroxyl groups is 1. The molecule has 1 aliphatic rings. The highest BCUT2D eigenvalue weighted by molar-refractivity contribution is 7.60. The second kappa shape index (κ2) is 10.8. The Balaban J connectivity index is 1.44. The highest BCUT2D eigenvalue weighted by Crippen LogP contribution is 2.49. The summed E-state index contributed by atoms with van der Waals surface area (Å²) in [6, 6.07) is 25.1. The number of carbonyl (C=O) groups excluding carboxylic acids is 1. The average Bonchev–Trinajstić information content (AvgIpc) is 2.92. The van der Waals surface area contributed by atoms with Crippen LogP contribution in [0.4, 0.5) is 10.1 Å². The van der Waals surface area contributed by atoms with E-state index in [-0.39, 0.29) is 17.0 Å². The first kappa shape index (κ1) is 26.8. The summed E-state index contributed by atoms with van der Waals surface area (Å²) in [6.45, 7) is 0. The molecule has 1 saturated heterocycles. The zero-order chi connectivity index (χ0) is 27.7. The number of hydrogen-bond donors (Lipinski definition) is 4. The van der Waals surface area contributed by atoms with Crippen LogP contribution >= 0.6 is 7.60 Å². The van der Waals surface area contributed by atoms with E-state index in [2.05, 4.69) is 0 Å². The van der Waals surface area contributed by atoms with Gasteiger partial charge >= 0.3 is 7.60 Å². The highest BCUT2D eigenvalue weighted by atomic mass is 31.2. The predicted molar refractivity (Wildman–Crippen MR) is 146 cm³/mol. The molecule has 0 radical (unpaired) electrons. The number of aromatic hydroxyl groups is 1. The van der Waals surface area contributed by atoms with Crippen LogP contribution in [-0.2, 0) is 9.36 Å². The van der Waals surface area contributed by atoms with Crippen molar-refractivity contribution < 1.29 is 33.7 Å². The van der Waals surface area contributed by atoms with Crippen molar-refractivity contribution in [2.45, 2.75) is 25.0 Å². The number of rotatable bonds is 8. The molecule has 7 nitrogen and oxygen atoms in total. The molecule has 200 valence electrons. The molecule has 0 saturated carbocycles. The van der Waals surface area contributed by atoms with Crippen LogP contribution in [0.15, 0.2) is 97.1 Å². The van der Waals surface area contributed by atoms with Gasteiger partial charge in [0.15, 0.2) is 0 Å². The molecule has 0 bridgehead atoms. The molecule has 0 spiro atoms. The third-order valence-electron chi connectivity index (χ3n) is 7.12. The first-order chi connectivity index (χ1) is 18.6. The van der Waals surface area contributed by atoms with Gasteiger partial charge in [0.1, 0.15) is 11.6 Å². The van der Waals surface area contributed by atoms with Gasteiger partial charge in [-0.2, -0.15) is 0 Å². The summed E-state index contributed by atoms with van der Waals surface area (Å²) in [5.41, 5.74) is 2.87. The Hall–Kier alpha value is -3.81. The van der Waals surface area contributed by atoms with Gasteiger partial charge in [0.05, 0.1) is 23.4 Å². The summed E-state index contributed by atoms with van der Waals surface area (Å²) in [7, 11) is -4.37. The molecule has 4 aromatic rings. The van der Waals surface area contributed by atoms with Crippen molar-refractivity contribution in [3.63, 3.8) is 0 Å². The number of anilines is 1. The Morgan fingerprint density at radius 1 is 0.872 bits per heavy atom. The molecular formula is C30H27FNO6P. The van der Waals surface area contributed by atoms with Crippen LogP contribution in [0.3, 0.4) is 0 Å². The predicted octanol–water partition coefficient (Wildman–Crippen LogP) is 5.22. The number of hydrogen-bond acceptors (Lipinski definition) is 4. The smallest absolute Gasteiger partial charge is 0.356 e. The topological polar surface area (TPSA) is 118 Å². The lowest BCUT2D eigenvalue weighted by atomic mass is 9.77. The molecule has 4 aromatic carbocycles. The van der Waals surface area contributed by atoms with Crippen molar-refractivity contribution in [1.29, 1.82) is 0 Å². The van der Waals surface area contributed by atoms with Crippen molar-refractivity contribution in [3.8, 4) is 16.9 Å². The first-order valence-electron chi connectivity index (χ1n) is 12.4. The fraction of sp³-hybridized carbons (Fsp3) is 0.167. The fourth-order valence-electron chi connectivity index (χ4n) is 5.10. The molecule has 9 heteroatoms. The Morgan fingerprint density at radius 3 is 2.21 bits per heavy atom. The van der Waals surface area contributed by atoms with Crippen LogP contribution in [0.1, 0.15) is 36.1 Å². The van der Waals surface area contributed by atoms with Gasteiger partial charge < -0.3 is 24.9 Å². The Bertz CT molecular complexity index is 1540. The Morgan fingerprint density at radius 2 is 1.56 bits per heavy atom. The van der Waals surface area contributed by atoms with Crippen LogP contribution in [-0.4, -0.2) is 25.9 Å². The Labute approximate surface area is 225 Å². The monoisotopic (exact) mass is 547 g/mol. The summed E-state index contributed by atoms with van der Waals surface area (Å²) < 4.78 is 25.5. The third-order valence-corrected chi connectivity index (χ3v) is 8.09. The van der Waals surface area contributed by atoms with Gasteiger partial charge in [0, 0.05) is 11.3 Å². The minimum absolute atomic E-state index is 0.0703. The summed E-state index contributed by atoms with van der Waals surface area (Å²) in [5, 5.41) is 21.6. The minimum atomic E-state index is -4.37. The van der Waals surface area contributed by atoms with E-state index >= 15 is 0 Å². The van der Waals surface area contributed by atoms with Crippen molar-refractivity contribution in [2.75, 3.05) is 4.90 Å². The van der Waals surface area contributed by atoms with Crippen LogP contribution < -0.4 is 10.2 Å². The number of amides is 1. The summed E-state index contributed by atoms with van der Waals surface area (Å²) in [6.07, 6.45) is -0.0651. The van der Waals surface area contributed by atoms with Gasteiger partial charge in [-0.25, -0.2) is 4.39 Å². The lowest BCUT2D eigenvalue weighted by molar-refractivity contribution is -0.131. The van der Waals surface area contributed by atoms with E-state index in [1.807, 2.05) is 30.3 Å². The normalized spacial score (nSPS) is 18.1. The van der Waals surface area contributed by atoms with E-state index in [1.165, 1.54) is 41.3 Å². The number of β-lactam (4-membered cyclic amide) rings is 1. The van der Waals surface area contributed by atoms with Gasteiger partial charge in [0.25, 0.3) is 0 Å². The number of benzene rings is 4. The van der Waals surface area contributed by atoms with E-state index < -0.39 is 31.5 Å². The molecule has 3 atom stereocenters. The molecule has 0 aliphatic carbocycles. The van der Waals surface area contributed by atoms with E-state index in [0.717, 1.165) is 5.56 Å². The standard InChI is InChI=1S/C30H27FNO6P/c31-22-7-4-8-23(18-22)32-29(26(30(32)35)15-16-27(33)20-5-2-1-3-6-20)25-14-11-21(17-28(25)34)19-9-12-24(13-10-19)39(36,37)38/h1-14,17-18,26-27,29,33-34H,15-16H2,(H2,36,37,38)/t26-,27+,29-/m1/s1. The van der Waals surface area contributed by atoms with Gasteiger partial charge in [-0.15, -0.1) is 0 Å². The fourth-order valence-corrected chi connectivity index (χ4v) is 5.64. The number of halogens is 1. The van der Waals surface area contributed by atoms with Crippen LogP contribution in [0.5, 0.6) is 5.75 Å². The number of phenols is 1. The molecule has 4 N–H and O–H groups in total. The molecule has 0 aromatic heterocycles. The largest absolute Gasteiger partial charge is 0.508 e. The van der Waals surface area contributed by atoms with Crippen molar-refractivity contribution >= 4 is 24.5 Å². The molecule has 1 heterocycles. The van der Waals surface area contributed by atoms with E-state index in [0.29, 0.717) is 35.2 Å². The van der Waals surface area contributed by atoms with Gasteiger partial charge in [-0.05, 0) is 65.9 Å². The van der Waals surface area contributed by atoms with Crippen molar-refractivity contribution in [3.05, 3.63) is 114 Å². The molecule has 1 aliphatic heterocycles. The number of phenolic OH excluding ortho intramolecular Hbond substituents is 1. The van der Waals surface area contributed by atoms with E-state index in [1.54, 1.807) is 30.3 Å². The van der Waals surface area contributed by atoms with E-state index in [9.17, 15) is 33.7 Å². The first-order valence-corrected chi connectivity index (χ1v) is 14.1. The lowest BCUT2D eigenvalue weighted by Crippen LogP contribution is -2.55. The maximum atomic E-state index is 14.0. The number of aliphatic hydroxyl groups excluding tert-OH is 1. The lowest BCUT2D eigenvalue weighted by Gasteiger charge is -2.48.